The lowest BCUT2D eigenvalue weighted by molar-refractivity contribution is 0.413. The highest BCUT2D eigenvalue weighted by Crippen LogP contribution is 2.25. The van der Waals surface area contributed by atoms with E-state index in [-0.39, 0.29) is 16.9 Å². The van der Waals surface area contributed by atoms with Crippen molar-refractivity contribution in [1.29, 1.82) is 0 Å². The van der Waals surface area contributed by atoms with Crippen LogP contribution >= 0.6 is 15.9 Å². The first-order valence-electron chi connectivity index (χ1n) is 5.27. The molecular weight excluding hydrogens is 328 g/mol. The fourth-order valence-corrected chi connectivity index (χ4v) is 3.38. The molecule has 0 saturated heterocycles. The zero-order valence-electron chi connectivity index (χ0n) is 10.2. The first-order chi connectivity index (χ1) is 8.16. The number of rotatable bonds is 4. The summed E-state index contributed by atoms with van der Waals surface area (Å²) in [5, 5.41) is 0. The highest BCUT2D eigenvalue weighted by atomic mass is 79.9. The third-order valence-corrected chi connectivity index (χ3v) is 4.73. The molecule has 1 aromatic carbocycles. The average Bonchev–Trinajstić information content (AvgIpc) is 2.22. The topological polar surface area (TPSA) is 37.4 Å². The van der Waals surface area contributed by atoms with Crippen molar-refractivity contribution in [2.45, 2.75) is 18.7 Å². The monoisotopic (exact) mass is 341 g/mol. The number of hydrogen-bond donors (Lipinski definition) is 0. The molecule has 1 rings (SSSR count). The normalized spacial score (nSPS) is 12.4. The van der Waals surface area contributed by atoms with Gasteiger partial charge < -0.3 is 0 Å². The third-order valence-electron chi connectivity index (χ3n) is 2.29. The van der Waals surface area contributed by atoms with E-state index in [9.17, 15) is 17.2 Å². The first kappa shape index (κ1) is 15.5. The molecule has 0 spiro atoms. The molecule has 102 valence electrons. The minimum atomic E-state index is -3.94. The van der Waals surface area contributed by atoms with Crippen LogP contribution in [-0.4, -0.2) is 26.3 Å². The van der Waals surface area contributed by atoms with Crippen LogP contribution < -0.4 is 0 Å². The molecule has 0 radical (unpaired) electrons. The van der Waals surface area contributed by atoms with Crippen LogP contribution in [0.15, 0.2) is 21.5 Å². The van der Waals surface area contributed by atoms with Gasteiger partial charge in [0.05, 0.1) is 4.47 Å². The van der Waals surface area contributed by atoms with Gasteiger partial charge in [0.15, 0.2) is 0 Å². The molecule has 0 aromatic heterocycles. The summed E-state index contributed by atoms with van der Waals surface area (Å²) in [5.41, 5.74) is 0. The molecule has 0 aliphatic carbocycles. The molecule has 18 heavy (non-hydrogen) atoms. The third kappa shape index (κ3) is 3.27. The molecule has 0 atom stereocenters. The van der Waals surface area contributed by atoms with Gasteiger partial charge in [0.1, 0.15) is 16.5 Å². The molecule has 1 aromatic rings. The Morgan fingerprint density at radius 2 is 1.83 bits per heavy atom. The number of benzene rings is 1. The van der Waals surface area contributed by atoms with Crippen LogP contribution in [-0.2, 0) is 10.0 Å². The molecule has 0 N–H and O–H groups in total. The summed E-state index contributed by atoms with van der Waals surface area (Å²) in [6.07, 6.45) is 0. The Kier molecular flexibility index (Phi) is 4.85. The van der Waals surface area contributed by atoms with Gasteiger partial charge in [-0.05, 0) is 27.9 Å². The number of halogens is 3. The Morgan fingerprint density at radius 3 is 2.33 bits per heavy atom. The lowest BCUT2D eigenvalue weighted by Gasteiger charge is -2.19. The molecule has 0 amide bonds. The largest absolute Gasteiger partial charge is 0.245 e. The summed E-state index contributed by atoms with van der Waals surface area (Å²) in [6.45, 7) is 3.96. The number of hydrogen-bond acceptors (Lipinski definition) is 2. The minimum Gasteiger partial charge on any atom is -0.207 e. The second kappa shape index (κ2) is 5.63. The summed E-state index contributed by atoms with van der Waals surface area (Å²) in [6, 6.07) is 1.50. The van der Waals surface area contributed by atoms with E-state index in [0.29, 0.717) is 6.07 Å². The van der Waals surface area contributed by atoms with Crippen LogP contribution in [0.4, 0.5) is 8.78 Å². The maximum atomic E-state index is 13.6. The van der Waals surface area contributed by atoms with Crippen molar-refractivity contribution in [1.82, 2.24) is 4.31 Å². The van der Waals surface area contributed by atoms with E-state index in [4.69, 9.17) is 0 Å². The van der Waals surface area contributed by atoms with E-state index in [1.54, 1.807) is 0 Å². The Morgan fingerprint density at radius 1 is 1.28 bits per heavy atom. The fourth-order valence-electron chi connectivity index (χ4n) is 1.48. The highest BCUT2D eigenvalue weighted by Gasteiger charge is 2.26. The quantitative estimate of drug-likeness (QED) is 0.789. The molecule has 0 aliphatic heterocycles. The second-order valence-corrected chi connectivity index (χ2v) is 7.24. The van der Waals surface area contributed by atoms with Gasteiger partial charge in [-0.25, -0.2) is 21.5 Å². The van der Waals surface area contributed by atoms with Gasteiger partial charge in [-0.15, -0.1) is 0 Å². The zero-order chi connectivity index (χ0) is 14.1. The molecule has 7 heteroatoms. The number of nitrogens with zero attached hydrogens (tertiary/aromatic N) is 1. The molecule has 3 nitrogen and oxygen atoms in total. The maximum absolute atomic E-state index is 13.6. The van der Waals surface area contributed by atoms with Crippen molar-refractivity contribution in [2.75, 3.05) is 13.6 Å². The van der Waals surface area contributed by atoms with Gasteiger partial charge >= 0.3 is 0 Å². The Labute approximate surface area is 114 Å². The standard InChI is InChI=1S/C11H14BrF2NO2S/c1-7(2)6-15(3)18(16,17)11-4-8(12)9(13)5-10(11)14/h4-5,7H,6H2,1-3H3. The Balaban J connectivity index is 3.24. The van der Waals surface area contributed by atoms with Crippen molar-refractivity contribution in [2.24, 2.45) is 5.92 Å². The van der Waals surface area contributed by atoms with E-state index < -0.39 is 26.6 Å². The van der Waals surface area contributed by atoms with Crippen molar-refractivity contribution in [3.05, 3.63) is 28.2 Å². The smallest absolute Gasteiger partial charge is 0.207 e. The van der Waals surface area contributed by atoms with Gasteiger partial charge in [-0.1, -0.05) is 13.8 Å². The lowest BCUT2D eigenvalue weighted by Crippen LogP contribution is -2.31. The first-order valence-corrected chi connectivity index (χ1v) is 7.50. The molecule has 0 saturated carbocycles. The van der Waals surface area contributed by atoms with Crippen LogP contribution in [0.1, 0.15) is 13.8 Å². The summed E-state index contributed by atoms with van der Waals surface area (Å²) in [7, 11) is -2.58. The van der Waals surface area contributed by atoms with Crippen LogP contribution in [0, 0.1) is 17.6 Å². The van der Waals surface area contributed by atoms with E-state index in [1.165, 1.54) is 7.05 Å². The van der Waals surface area contributed by atoms with Crippen LogP contribution in [0.5, 0.6) is 0 Å². The molecule has 0 aliphatic rings. The Hall–Kier alpha value is -0.530. The SMILES string of the molecule is CC(C)CN(C)S(=O)(=O)c1cc(Br)c(F)cc1F. The van der Waals surface area contributed by atoms with Gasteiger partial charge in [0, 0.05) is 19.7 Å². The average molecular weight is 342 g/mol. The predicted octanol–water partition coefficient (Wildman–Crippen LogP) is 3.00. The van der Waals surface area contributed by atoms with Gasteiger partial charge in [0.2, 0.25) is 10.0 Å². The second-order valence-electron chi connectivity index (χ2n) is 4.38. The lowest BCUT2D eigenvalue weighted by atomic mass is 10.2. The van der Waals surface area contributed by atoms with Gasteiger partial charge in [-0.2, -0.15) is 0 Å². The maximum Gasteiger partial charge on any atom is 0.245 e. The molecule has 0 unspecified atom stereocenters. The van der Waals surface area contributed by atoms with Crippen molar-refractivity contribution < 1.29 is 17.2 Å². The molecule has 0 bridgehead atoms. The van der Waals surface area contributed by atoms with Crippen molar-refractivity contribution in [3.63, 3.8) is 0 Å². The van der Waals surface area contributed by atoms with Crippen molar-refractivity contribution >= 4 is 26.0 Å². The highest BCUT2D eigenvalue weighted by molar-refractivity contribution is 9.10. The van der Waals surface area contributed by atoms with Gasteiger partial charge in [0.25, 0.3) is 0 Å². The summed E-state index contributed by atoms with van der Waals surface area (Å²) < 4.78 is 51.8. The fraction of sp³-hybridized carbons (Fsp3) is 0.455. The summed E-state index contributed by atoms with van der Waals surface area (Å²) in [5.74, 6) is -1.82. The summed E-state index contributed by atoms with van der Waals surface area (Å²) in [4.78, 5) is -0.529. The van der Waals surface area contributed by atoms with Crippen LogP contribution in [0.2, 0.25) is 0 Å². The number of sulfonamides is 1. The van der Waals surface area contributed by atoms with Crippen LogP contribution in [0.25, 0.3) is 0 Å². The van der Waals surface area contributed by atoms with Gasteiger partial charge in [-0.3, -0.25) is 0 Å². The van der Waals surface area contributed by atoms with Crippen molar-refractivity contribution in [3.8, 4) is 0 Å². The molecule has 0 fully saturated rings. The molecular formula is C11H14BrF2NO2S. The molecule has 0 heterocycles. The van der Waals surface area contributed by atoms with Crippen LogP contribution in [0.3, 0.4) is 0 Å². The van der Waals surface area contributed by atoms with E-state index in [1.807, 2.05) is 13.8 Å². The van der Waals surface area contributed by atoms with E-state index in [0.717, 1.165) is 10.4 Å². The summed E-state index contributed by atoms with van der Waals surface area (Å²) >= 11 is 2.85. The minimum absolute atomic E-state index is 0.0829. The predicted molar refractivity (Wildman–Crippen MR) is 68.7 cm³/mol. The Bertz CT molecular complexity index is 546. The zero-order valence-corrected chi connectivity index (χ0v) is 12.6. The van der Waals surface area contributed by atoms with E-state index in [2.05, 4.69) is 15.9 Å². The van der Waals surface area contributed by atoms with E-state index >= 15 is 0 Å².